The van der Waals surface area contributed by atoms with Gasteiger partial charge in [-0.3, -0.25) is 4.79 Å². The van der Waals surface area contributed by atoms with Crippen LogP contribution in [0, 0.1) is 11.6 Å². The van der Waals surface area contributed by atoms with E-state index < -0.39 is 29.6 Å². The Morgan fingerprint density at radius 1 is 1.26 bits per heavy atom. The second-order valence-corrected chi connectivity index (χ2v) is 4.16. The van der Waals surface area contributed by atoms with Crippen molar-refractivity contribution in [2.45, 2.75) is 32.2 Å². The van der Waals surface area contributed by atoms with E-state index in [1.807, 2.05) is 6.92 Å². The molecule has 4 nitrogen and oxygen atoms in total. The molecule has 0 spiro atoms. The Balaban J connectivity index is 2.78. The van der Waals surface area contributed by atoms with Crippen molar-refractivity contribution in [3.05, 3.63) is 35.4 Å². The van der Waals surface area contributed by atoms with Crippen molar-refractivity contribution in [2.24, 2.45) is 0 Å². The topological polar surface area (TPSA) is 66.4 Å². The van der Waals surface area contributed by atoms with Crippen LogP contribution in [0.3, 0.4) is 0 Å². The highest BCUT2D eigenvalue weighted by atomic mass is 19.1. The van der Waals surface area contributed by atoms with E-state index in [0.717, 1.165) is 18.6 Å². The molecular weight excluding hydrogens is 256 g/mol. The third-order valence-corrected chi connectivity index (χ3v) is 2.57. The molecule has 1 aromatic carbocycles. The number of carboxylic acids is 1. The van der Waals surface area contributed by atoms with Gasteiger partial charge in [-0.05, 0) is 18.6 Å². The molecule has 0 saturated heterocycles. The fourth-order valence-corrected chi connectivity index (χ4v) is 1.59. The highest BCUT2D eigenvalue weighted by Gasteiger charge is 2.20. The molecular formula is C13H15F2NO3. The smallest absolute Gasteiger partial charge is 0.326 e. The average molecular weight is 271 g/mol. The molecule has 1 atom stereocenters. The largest absolute Gasteiger partial charge is 0.480 e. The van der Waals surface area contributed by atoms with Crippen molar-refractivity contribution in [1.82, 2.24) is 5.32 Å². The molecule has 2 N–H and O–H groups in total. The van der Waals surface area contributed by atoms with Gasteiger partial charge in [-0.2, -0.15) is 0 Å². The maximum Gasteiger partial charge on any atom is 0.326 e. The van der Waals surface area contributed by atoms with Gasteiger partial charge in [0.25, 0.3) is 5.91 Å². The van der Waals surface area contributed by atoms with E-state index >= 15 is 0 Å². The molecule has 6 heteroatoms. The predicted octanol–water partition coefficient (Wildman–Crippen LogP) is 2.34. The molecule has 0 fully saturated rings. The maximum atomic E-state index is 13.0. The van der Waals surface area contributed by atoms with Gasteiger partial charge in [0.2, 0.25) is 0 Å². The lowest BCUT2D eigenvalue weighted by Gasteiger charge is -2.14. The van der Waals surface area contributed by atoms with E-state index in [2.05, 4.69) is 5.32 Å². The van der Waals surface area contributed by atoms with Crippen molar-refractivity contribution in [1.29, 1.82) is 0 Å². The minimum atomic E-state index is -1.17. The molecule has 0 aromatic heterocycles. The van der Waals surface area contributed by atoms with Crippen molar-refractivity contribution >= 4 is 11.9 Å². The van der Waals surface area contributed by atoms with Crippen LogP contribution in [0.5, 0.6) is 0 Å². The minimum absolute atomic E-state index is 0.236. The lowest BCUT2D eigenvalue weighted by Crippen LogP contribution is -2.40. The van der Waals surface area contributed by atoms with Gasteiger partial charge in [-0.25, -0.2) is 13.6 Å². The van der Waals surface area contributed by atoms with Crippen molar-refractivity contribution in [3.63, 3.8) is 0 Å². The number of hydrogen-bond donors (Lipinski definition) is 2. The first-order valence-electron chi connectivity index (χ1n) is 5.93. The number of aliphatic carboxylic acids is 1. The summed E-state index contributed by atoms with van der Waals surface area (Å²) in [5, 5.41) is 11.2. The fourth-order valence-electron chi connectivity index (χ4n) is 1.59. The van der Waals surface area contributed by atoms with Crippen molar-refractivity contribution in [3.8, 4) is 0 Å². The van der Waals surface area contributed by atoms with Crippen LogP contribution in [0.25, 0.3) is 0 Å². The van der Waals surface area contributed by atoms with Gasteiger partial charge < -0.3 is 10.4 Å². The highest BCUT2D eigenvalue weighted by Crippen LogP contribution is 2.09. The van der Waals surface area contributed by atoms with Crippen LogP contribution in [0.2, 0.25) is 0 Å². The number of nitrogens with one attached hydrogen (secondary N) is 1. The van der Waals surface area contributed by atoms with Gasteiger partial charge in [0.05, 0.1) is 0 Å². The summed E-state index contributed by atoms with van der Waals surface area (Å²) in [7, 11) is 0. The first-order valence-corrected chi connectivity index (χ1v) is 5.93. The van der Waals surface area contributed by atoms with Crippen molar-refractivity contribution in [2.75, 3.05) is 0 Å². The normalized spacial score (nSPS) is 11.9. The van der Waals surface area contributed by atoms with Crippen LogP contribution in [0.4, 0.5) is 8.78 Å². The molecule has 0 radical (unpaired) electrons. The summed E-state index contributed by atoms with van der Waals surface area (Å²) < 4.78 is 25.9. The molecule has 0 aliphatic rings. The SMILES string of the molecule is CCCC[C@H](NC(=O)c1cc(F)cc(F)c1)C(=O)O. The first-order chi connectivity index (χ1) is 8.93. The monoisotopic (exact) mass is 271 g/mol. The summed E-state index contributed by atoms with van der Waals surface area (Å²) >= 11 is 0. The summed E-state index contributed by atoms with van der Waals surface area (Å²) in [5.74, 6) is -3.74. The second-order valence-electron chi connectivity index (χ2n) is 4.16. The molecule has 0 saturated carbocycles. The van der Waals surface area contributed by atoms with Gasteiger partial charge in [-0.15, -0.1) is 0 Å². The number of hydrogen-bond acceptors (Lipinski definition) is 2. The van der Waals surface area contributed by atoms with Gasteiger partial charge >= 0.3 is 5.97 Å². The molecule has 1 amide bonds. The molecule has 0 unspecified atom stereocenters. The van der Waals surface area contributed by atoms with E-state index in [1.54, 1.807) is 0 Å². The van der Waals surface area contributed by atoms with Gasteiger partial charge in [-0.1, -0.05) is 19.8 Å². The van der Waals surface area contributed by atoms with Gasteiger partial charge in [0, 0.05) is 11.6 Å². The molecule has 0 heterocycles. The Labute approximate surface area is 109 Å². The second kappa shape index (κ2) is 6.82. The van der Waals surface area contributed by atoms with Crippen LogP contribution < -0.4 is 5.32 Å². The number of carboxylic acid groups (broad SMARTS) is 1. The quantitative estimate of drug-likeness (QED) is 0.834. The number of unbranched alkanes of at least 4 members (excludes halogenated alkanes) is 1. The van der Waals surface area contributed by atoms with Crippen LogP contribution in [0.1, 0.15) is 36.5 Å². The highest BCUT2D eigenvalue weighted by molar-refractivity contribution is 5.96. The summed E-state index contributed by atoms with van der Waals surface area (Å²) in [6, 6.07) is 1.30. The van der Waals surface area contributed by atoms with E-state index in [4.69, 9.17) is 5.11 Å². The van der Waals surface area contributed by atoms with Gasteiger partial charge in [0.1, 0.15) is 17.7 Å². The standard InChI is InChI=1S/C13H15F2NO3/c1-2-3-4-11(13(18)19)16-12(17)8-5-9(14)7-10(15)6-8/h5-7,11H,2-4H2,1H3,(H,16,17)(H,18,19)/t11-/m0/s1. The molecule has 0 bridgehead atoms. The lowest BCUT2D eigenvalue weighted by molar-refractivity contribution is -0.139. The van der Waals surface area contributed by atoms with E-state index in [1.165, 1.54) is 0 Å². The molecule has 0 aliphatic carbocycles. The summed E-state index contributed by atoms with van der Waals surface area (Å²) in [6.45, 7) is 1.89. The summed E-state index contributed by atoms with van der Waals surface area (Å²) in [4.78, 5) is 22.7. The minimum Gasteiger partial charge on any atom is -0.480 e. The fraction of sp³-hybridized carbons (Fsp3) is 0.385. The zero-order chi connectivity index (χ0) is 14.4. The Morgan fingerprint density at radius 2 is 1.84 bits per heavy atom. The van der Waals surface area contributed by atoms with Crippen LogP contribution in [0.15, 0.2) is 18.2 Å². The third kappa shape index (κ3) is 4.65. The number of carbonyl (C=O) groups is 2. The maximum absolute atomic E-state index is 13.0. The molecule has 1 aromatic rings. The zero-order valence-corrected chi connectivity index (χ0v) is 10.5. The van der Waals surface area contributed by atoms with Crippen LogP contribution in [-0.2, 0) is 4.79 Å². The first kappa shape index (κ1) is 15.1. The van der Waals surface area contributed by atoms with Crippen molar-refractivity contribution < 1.29 is 23.5 Å². The number of amides is 1. The number of carbonyl (C=O) groups excluding carboxylic acids is 1. The Kier molecular flexibility index (Phi) is 5.41. The number of rotatable bonds is 6. The molecule has 104 valence electrons. The third-order valence-electron chi connectivity index (χ3n) is 2.57. The number of halogens is 2. The molecule has 0 aliphatic heterocycles. The van der Waals surface area contributed by atoms with E-state index in [-0.39, 0.29) is 12.0 Å². The Morgan fingerprint density at radius 3 is 2.32 bits per heavy atom. The lowest BCUT2D eigenvalue weighted by atomic mass is 10.1. The molecule has 19 heavy (non-hydrogen) atoms. The molecule has 1 rings (SSSR count). The summed E-state index contributed by atoms with van der Waals surface area (Å²) in [6.07, 6.45) is 1.69. The van der Waals surface area contributed by atoms with Crippen LogP contribution >= 0.6 is 0 Å². The Hall–Kier alpha value is -1.98. The summed E-state index contributed by atoms with van der Waals surface area (Å²) in [5.41, 5.74) is -0.236. The van der Waals surface area contributed by atoms with Crippen LogP contribution in [-0.4, -0.2) is 23.0 Å². The average Bonchev–Trinajstić information content (AvgIpc) is 2.32. The predicted molar refractivity (Wildman–Crippen MR) is 64.8 cm³/mol. The van der Waals surface area contributed by atoms with E-state index in [9.17, 15) is 18.4 Å². The zero-order valence-electron chi connectivity index (χ0n) is 10.5. The van der Waals surface area contributed by atoms with Gasteiger partial charge in [0.15, 0.2) is 0 Å². The Bertz CT molecular complexity index is 457. The number of benzene rings is 1. The van der Waals surface area contributed by atoms with E-state index in [0.29, 0.717) is 12.5 Å².